The lowest BCUT2D eigenvalue weighted by molar-refractivity contribution is 0.269. The third kappa shape index (κ3) is 4.06. The van der Waals surface area contributed by atoms with Crippen molar-refractivity contribution in [3.63, 3.8) is 0 Å². The van der Waals surface area contributed by atoms with Crippen LogP contribution in [0.1, 0.15) is 32.4 Å². The molecule has 2 rings (SSSR count). The van der Waals surface area contributed by atoms with Gasteiger partial charge in [0.15, 0.2) is 0 Å². The maximum absolute atomic E-state index is 4.47. The Hall–Kier alpha value is -1.36. The van der Waals surface area contributed by atoms with E-state index in [0.29, 0.717) is 12.0 Å². The van der Waals surface area contributed by atoms with E-state index in [1.54, 1.807) is 0 Å². The molecule has 5 heteroatoms. The summed E-state index contributed by atoms with van der Waals surface area (Å²) < 4.78 is 0. The van der Waals surface area contributed by atoms with Crippen LogP contribution in [-0.4, -0.2) is 47.1 Å². The van der Waals surface area contributed by atoms with E-state index in [1.165, 1.54) is 25.9 Å². The van der Waals surface area contributed by atoms with E-state index in [2.05, 4.69) is 32.4 Å². The van der Waals surface area contributed by atoms with Crippen molar-refractivity contribution in [1.82, 2.24) is 14.9 Å². The van der Waals surface area contributed by atoms with Crippen LogP contribution in [0.2, 0.25) is 0 Å². The molecule has 0 aromatic carbocycles. The highest BCUT2D eigenvalue weighted by atomic mass is 15.2. The second-order valence-corrected chi connectivity index (χ2v) is 5.22. The molecule has 106 valence electrons. The monoisotopic (exact) mass is 263 g/mol. The minimum Gasteiger partial charge on any atom is -0.368 e. The van der Waals surface area contributed by atoms with Crippen LogP contribution >= 0.6 is 0 Å². The van der Waals surface area contributed by atoms with Gasteiger partial charge >= 0.3 is 0 Å². The molecule has 1 aliphatic heterocycles. The van der Waals surface area contributed by atoms with E-state index in [1.807, 2.05) is 19.9 Å². The molecule has 1 aromatic heterocycles. The van der Waals surface area contributed by atoms with Gasteiger partial charge in [0, 0.05) is 30.9 Å². The standard InChI is InChI=1S/C14H25N5/c1-4-15-14-17-11(2)9-13(18-14)16-10-12(3)19-7-5-6-8-19/h9,12H,4-8,10H2,1-3H3,(H2,15,16,17,18). The summed E-state index contributed by atoms with van der Waals surface area (Å²) in [5.74, 6) is 1.62. The van der Waals surface area contributed by atoms with E-state index >= 15 is 0 Å². The molecule has 1 saturated heterocycles. The minimum atomic E-state index is 0.556. The summed E-state index contributed by atoms with van der Waals surface area (Å²) in [7, 11) is 0. The molecule has 2 N–H and O–H groups in total. The number of anilines is 2. The molecule has 5 nitrogen and oxygen atoms in total. The van der Waals surface area contributed by atoms with E-state index < -0.39 is 0 Å². The van der Waals surface area contributed by atoms with Crippen LogP contribution in [0.15, 0.2) is 6.07 Å². The molecule has 0 spiro atoms. The zero-order valence-electron chi connectivity index (χ0n) is 12.2. The average Bonchev–Trinajstić information content (AvgIpc) is 2.89. The number of likely N-dealkylation sites (tertiary alicyclic amines) is 1. The van der Waals surface area contributed by atoms with Crippen LogP contribution in [0.25, 0.3) is 0 Å². The van der Waals surface area contributed by atoms with Crippen LogP contribution in [0.5, 0.6) is 0 Å². The van der Waals surface area contributed by atoms with E-state index in [-0.39, 0.29) is 0 Å². The molecule has 1 fully saturated rings. The lowest BCUT2D eigenvalue weighted by Crippen LogP contribution is -2.35. The zero-order chi connectivity index (χ0) is 13.7. The first-order valence-electron chi connectivity index (χ1n) is 7.26. The number of hydrogen-bond donors (Lipinski definition) is 2. The molecule has 0 saturated carbocycles. The van der Waals surface area contributed by atoms with Gasteiger partial charge in [0.05, 0.1) is 0 Å². The molecular formula is C14H25N5. The fourth-order valence-corrected chi connectivity index (χ4v) is 2.46. The van der Waals surface area contributed by atoms with E-state index in [0.717, 1.165) is 24.6 Å². The van der Waals surface area contributed by atoms with Gasteiger partial charge in [-0.15, -0.1) is 0 Å². The van der Waals surface area contributed by atoms with Crippen molar-refractivity contribution < 1.29 is 0 Å². The molecule has 0 aliphatic carbocycles. The average molecular weight is 263 g/mol. The Morgan fingerprint density at radius 2 is 2.00 bits per heavy atom. The van der Waals surface area contributed by atoms with Gasteiger partial charge in [-0.25, -0.2) is 4.98 Å². The van der Waals surface area contributed by atoms with Gasteiger partial charge in [0.1, 0.15) is 5.82 Å². The number of aromatic nitrogens is 2. The zero-order valence-corrected chi connectivity index (χ0v) is 12.2. The van der Waals surface area contributed by atoms with Gasteiger partial charge < -0.3 is 10.6 Å². The maximum atomic E-state index is 4.47. The smallest absolute Gasteiger partial charge is 0.224 e. The van der Waals surface area contributed by atoms with Gasteiger partial charge in [-0.05, 0) is 46.7 Å². The molecule has 19 heavy (non-hydrogen) atoms. The van der Waals surface area contributed by atoms with Crippen molar-refractivity contribution in [2.45, 2.75) is 39.7 Å². The first kappa shape index (κ1) is 14.1. The Labute approximate surface area is 115 Å². The minimum absolute atomic E-state index is 0.556. The third-order valence-corrected chi connectivity index (χ3v) is 3.53. The SMILES string of the molecule is CCNc1nc(C)cc(NCC(C)N2CCCC2)n1. The maximum Gasteiger partial charge on any atom is 0.224 e. The fraction of sp³-hybridized carbons (Fsp3) is 0.714. The van der Waals surface area contributed by atoms with Gasteiger partial charge in [0.2, 0.25) is 5.95 Å². The summed E-state index contributed by atoms with van der Waals surface area (Å²) in [5.41, 5.74) is 0.988. The molecule has 1 unspecified atom stereocenters. The summed E-state index contributed by atoms with van der Waals surface area (Å²) in [6, 6.07) is 2.55. The highest BCUT2D eigenvalue weighted by Gasteiger charge is 2.17. The van der Waals surface area contributed by atoms with Crippen LogP contribution in [0.4, 0.5) is 11.8 Å². The molecule has 1 atom stereocenters. The predicted octanol–water partition coefficient (Wildman–Crippen LogP) is 2.11. The van der Waals surface area contributed by atoms with Crippen molar-refractivity contribution in [2.75, 3.05) is 36.8 Å². The molecular weight excluding hydrogens is 238 g/mol. The lowest BCUT2D eigenvalue weighted by Gasteiger charge is -2.24. The molecule has 1 aromatic rings. The van der Waals surface area contributed by atoms with Crippen molar-refractivity contribution in [2.24, 2.45) is 0 Å². The molecule has 1 aliphatic rings. The first-order chi connectivity index (χ1) is 9.19. The Morgan fingerprint density at radius 1 is 1.26 bits per heavy atom. The summed E-state index contributed by atoms with van der Waals surface area (Å²) in [4.78, 5) is 11.4. The Balaban J connectivity index is 1.90. The van der Waals surface area contributed by atoms with Crippen molar-refractivity contribution in [1.29, 1.82) is 0 Å². The van der Waals surface area contributed by atoms with Crippen LogP contribution < -0.4 is 10.6 Å². The van der Waals surface area contributed by atoms with Gasteiger partial charge in [0.25, 0.3) is 0 Å². The van der Waals surface area contributed by atoms with Crippen molar-refractivity contribution >= 4 is 11.8 Å². The second kappa shape index (κ2) is 6.70. The second-order valence-electron chi connectivity index (χ2n) is 5.22. The number of rotatable bonds is 6. The Bertz CT molecular complexity index is 401. The highest BCUT2D eigenvalue weighted by Crippen LogP contribution is 2.13. The molecule has 0 bridgehead atoms. The summed E-state index contributed by atoms with van der Waals surface area (Å²) in [6.45, 7) is 10.6. The van der Waals surface area contributed by atoms with E-state index in [4.69, 9.17) is 0 Å². The summed E-state index contributed by atoms with van der Waals surface area (Å²) >= 11 is 0. The molecule has 0 radical (unpaired) electrons. The molecule has 0 amide bonds. The largest absolute Gasteiger partial charge is 0.368 e. The summed E-state index contributed by atoms with van der Waals surface area (Å²) in [6.07, 6.45) is 2.67. The first-order valence-corrected chi connectivity index (χ1v) is 7.26. The number of aryl methyl sites for hydroxylation is 1. The van der Waals surface area contributed by atoms with Gasteiger partial charge in [-0.3, -0.25) is 4.90 Å². The van der Waals surface area contributed by atoms with Gasteiger partial charge in [-0.2, -0.15) is 4.98 Å². The van der Waals surface area contributed by atoms with Gasteiger partial charge in [-0.1, -0.05) is 0 Å². The van der Waals surface area contributed by atoms with Crippen LogP contribution in [0.3, 0.4) is 0 Å². The van der Waals surface area contributed by atoms with Crippen molar-refractivity contribution in [3.8, 4) is 0 Å². The third-order valence-electron chi connectivity index (χ3n) is 3.53. The number of nitrogens with one attached hydrogen (secondary N) is 2. The Kier molecular flexibility index (Phi) is 4.96. The van der Waals surface area contributed by atoms with Crippen molar-refractivity contribution in [3.05, 3.63) is 11.8 Å². The van der Waals surface area contributed by atoms with Crippen LogP contribution in [0, 0.1) is 6.92 Å². The Morgan fingerprint density at radius 3 is 2.68 bits per heavy atom. The normalized spacial score (nSPS) is 17.4. The molecule has 2 heterocycles. The quantitative estimate of drug-likeness (QED) is 0.823. The highest BCUT2D eigenvalue weighted by molar-refractivity contribution is 5.42. The van der Waals surface area contributed by atoms with Crippen LogP contribution in [-0.2, 0) is 0 Å². The lowest BCUT2D eigenvalue weighted by atomic mass is 10.3. The summed E-state index contributed by atoms with van der Waals surface area (Å²) in [5, 5.41) is 6.59. The fourth-order valence-electron chi connectivity index (χ4n) is 2.46. The predicted molar refractivity (Wildman–Crippen MR) is 79.7 cm³/mol. The number of hydrogen-bond acceptors (Lipinski definition) is 5. The topological polar surface area (TPSA) is 53.1 Å². The van der Waals surface area contributed by atoms with E-state index in [9.17, 15) is 0 Å². The number of nitrogens with zero attached hydrogens (tertiary/aromatic N) is 3.